The lowest BCUT2D eigenvalue weighted by atomic mass is 9.96. The SMILES string of the molecule is [C-]#[N+]CCN(CC)C(CNC(C)=O)C1CCN(c2ccc3c(=O)n(N)c(=O)n(C4CC4)c3c2C)C1. The van der Waals surface area contributed by atoms with Gasteiger partial charge in [-0.3, -0.25) is 19.1 Å². The third-order valence-corrected chi connectivity index (χ3v) is 7.46. The summed E-state index contributed by atoms with van der Waals surface area (Å²) in [6.07, 6.45) is 2.77. The second-order valence-corrected chi connectivity index (χ2v) is 9.67. The first-order chi connectivity index (χ1) is 16.8. The molecule has 2 aliphatic rings. The number of rotatable bonds is 9. The van der Waals surface area contributed by atoms with Gasteiger partial charge in [0.05, 0.1) is 17.4 Å². The van der Waals surface area contributed by atoms with Crippen LogP contribution < -0.4 is 27.3 Å². The molecule has 35 heavy (non-hydrogen) atoms. The average molecular weight is 482 g/mol. The molecular weight excluding hydrogens is 446 g/mol. The minimum absolute atomic E-state index is 0.0555. The summed E-state index contributed by atoms with van der Waals surface area (Å²) in [5.41, 5.74) is 1.70. The van der Waals surface area contributed by atoms with E-state index in [-0.39, 0.29) is 18.0 Å². The lowest BCUT2D eigenvalue weighted by molar-refractivity contribution is -0.119. The van der Waals surface area contributed by atoms with E-state index < -0.39 is 11.2 Å². The van der Waals surface area contributed by atoms with Gasteiger partial charge < -0.3 is 20.9 Å². The fourth-order valence-electron chi connectivity index (χ4n) is 5.51. The third-order valence-electron chi connectivity index (χ3n) is 7.46. The molecule has 1 aromatic heterocycles. The van der Waals surface area contributed by atoms with E-state index in [1.54, 1.807) is 10.6 Å². The van der Waals surface area contributed by atoms with E-state index in [1.165, 1.54) is 6.92 Å². The molecule has 1 saturated carbocycles. The number of nitrogens with zero attached hydrogens (tertiary/aromatic N) is 5. The number of nitrogens with two attached hydrogens (primary N) is 1. The number of aromatic nitrogens is 2. The van der Waals surface area contributed by atoms with Gasteiger partial charge in [0.15, 0.2) is 0 Å². The van der Waals surface area contributed by atoms with Crippen molar-refractivity contribution in [1.82, 2.24) is 19.5 Å². The van der Waals surface area contributed by atoms with Gasteiger partial charge in [-0.05, 0) is 56.3 Å². The Morgan fingerprint density at radius 3 is 2.69 bits per heavy atom. The topological polar surface area (TPSA) is 110 Å². The first kappa shape index (κ1) is 24.8. The highest BCUT2D eigenvalue weighted by Crippen LogP contribution is 2.38. The normalized spacial score (nSPS) is 18.7. The molecule has 188 valence electrons. The van der Waals surface area contributed by atoms with Crippen molar-refractivity contribution in [1.29, 1.82) is 0 Å². The molecule has 2 aromatic rings. The second-order valence-electron chi connectivity index (χ2n) is 9.67. The highest BCUT2D eigenvalue weighted by molar-refractivity contribution is 5.87. The molecule has 10 nitrogen and oxygen atoms in total. The van der Waals surface area contributed by atoms with Crippen molar-refractivity contribution in [2.45, 2.75) is 52.1 Å². The maximum atomic E-state index is 12.9. The van der Waals surface area contributed by atoms with Gasteiger partial charge in [-0.25, -0.2) is 11.4 Å². The highest BCUT2D eigenvalue weighted by Gasteiger charge is 2.35. The Bertz CT molecular complexity index is 1270. The predicted molar refractivity (Wildman–Crippen MR) is 137 cm³/mol. The van der Waals surface area contributed by atoms with E-state index in [0.717, 1.165) is 54.8 Å². The number of benzene rings is 1. The Kier molecular flexibility index (Phi) is 7.17. The Hall–Kier alpha value is -3.32. The molecule has 10 heteroatoms. The van der Waals surface area contributed by atoms with Crippen LogP contribution in [0.15, 0.2) is 21.7 Å². The standard InChI is InChI=1S/C25H35N7O3/c1-5-29(13-11-27-4)22(14-28-17(3)33)18-10-12-30(15-18)21-9-8-20-23(16(21)2)31(19-6-7-19)25(35)32(26)24(20)34/h8-9,18-19,22H,5-7,10-15,26H2,1-3H3,(H,28,33). The molecule has 2 fully saturated rings. The zero-order valence-corrected chi connectivity index (χ0v) is 20.8. The van der Waals surface area contributed by atoms with E-state index in [1.807, 2.05) is 13.0 Å². The van der Waals surface area contributed by atoms with Gasteiger partial charge in [0.1, 0.15) is 0 Å². The molecule has 1 aromatic carbocycles. The van der Waals surface area contributed by atoms with Crippen molar-refractivity contribution in [3.8, 4) is 0 Å². The summed E-state index contributed by atoms with van der Waals surface area (Å²) in [5.74, 6) is 6.06. The predicted octanol–water partition coefficient (Wildman–Crippen LogP) is 1.09. The highest BCUT2D eigenvalue weighted by atomic mass is 16.2. The fraction of sp³-hybridized carbons (Fsp3) is 0.600. The van der Waals surface area contributed by atoms with E-state index >= 15 is 0 Å². The molecule has 3 N–H and O–H groups in total. The zero-order valence-electron chi connectivity index (χ0n) is 20.8. The van der Waals surface area contributed by atoms with Gasteiger partial charge in [0.25, 0.3) is 5.56 Å². The number of carbonyl (C=O) groups excluding carboxylic acids is 1. The quantitative estimate of drug-likeness (QED) is 0.410. The molecule has 2 unspecified atom stereocenters. The minimum Gasteiger partial charge on any atom is -0.371 e. The number of carbonyl (C=O) groups is 1. The van der Waals surface area contributed by atoms with Crippen LogP contribution in [-0.4, -0.2) is 65.4 Å². The van der Waals surface area contributed by atoms with E-state index in [9.17, 15) is 14.4 Å². The maximum Gasteiger partial charge on any atom is 0.350 e. The first-order valence-electron chi connectivity index (χ1n) is 12.4. The third kappa shape index (κ3) is 4.78. The minimum atomic E-state index is -0.468. The van der Waals surface area contributed by atoms with Crippen molar-refractivity contribution < 1.29 is 4.79 Å². The summed E-state index contributed by atoms with van der Waals surface area (Å²) < 4.78 is 2.42. The van der Waals surface area contributed by atoms with Gasteiger partial charge in [-0.1, -0.05) is 6.92 Å². The Labute approximate surface area is 205 Å². The number of aryl methyl sites for hydroxylation is 1. The number of hydrogen-bond acceptors (Lipinski definition) is 6. The molecule has 2 atom stereocenters. The van der Waals surface area contributed by atoms with E-state index in [2.05, 4.69) is 26.9 Å². The van der Waals surface area contributed by atoms with Crippen LogP contribution in [0.5, 0.6) is 0 Å². The van der Waals surface area contributed by atoms with Crippen molar-refractivity contribution >= 4 is 22.5 Å². The Morgan fingerprint density at radius 1 is 1.31 bits per heavy atom. The second kappa shape index (κ2) is 10.1. The van der Waals surface area contributed by atoms with Crippen molar-refractivity contribution in [2.75, 3.05) is 50.0 Å². The van der Waals surface area contributed by atoms with Crippen LogP contribution in [0.2, 0.25) is 0 Å². The van der Waals surface area contributed by atoms with Crippen LogP contribution in [0.1, 0.15) is 44.7 Å². The summed E-state index contributed by atoms with van der Waals surface area (Å²) in [6, 6.07) is 3.97. The molecule has 4 rings (SSSR count). The van der Waals surface area contributed by atoms with Crippen LogP contribution in [0.4, 0.5) is 5.69 Å². The smallest absolute Gasteiger partial charge is 0.350 e. The number of hydrogen-bond donors (Lipinski definition) is 2. The summed E-state index contributed by atoms with van der Waals surface area (Å²) in [4.78, 5) is 45.4. The largest absolute Gasteiger partial charge is 0.371 e. The summed E-state index contributed by atoms with van der Waals surface area (Å²) in [6.45, 7) is 16.9. The molecule has 1 aliphatic heterocycles. The molecule has 1 aliphatic carbocycles. The Balaban J connectivity index is 1.67. The summed E-state index contributed by atoms with van der Waals surface area (Å²) in [7, 11) is 0. The monoisotopic (exact) mass is 481 g/mol. The molecular formula is C25H35N7O3. The van der Waals surface area contributed by atoms with Crippen LogP contribution in [0.3, 0.4) is 0 Å². The molecule has 0 spiro atoms. The number of anilines is 1. The number of nitrogens with one attached hydrogen (secondary N) is 1. The molecule has 0 radical (unpaired) electrons. The molecule has 0 bridgehead atoms. The van der Waals surface area contributed by atoms with Gasteiger partial charge in [0, 0.05) is 44.3 Å². The van der Waals surface area contributed by atoms with Gasteiger partial charge in [0.2, 0.25) is 12.5 Å². The van der Waals surface area contributed by atoms with Gasteiger partial charge in [-0.2, -0.15) is 4.68 Å². The Morgan fingerprint density at radius 2 is 2.06 bits per heavy atom. The number of nitrogen functional groups attached to an aromatic ring is 1. The van der Waals surface area contributed by atoms with Gasteiger partial charge in [-0.15, -0.1) is 0 Å². The van der Waals surface area contributed by atoms with Crippen molar-refractivity contribution in [2.24, 2.45) is 5.92 Å². The number of likely N-dealkylation sites (N-methyl/N-ethyl adjacent to an activating group) is 1. The van der Waals surface area contributed by atoms with E-state index in [4.69, 9.17) is 12.4 Å². The summed E-state index contributed by atoms with van der Waals surface area (Å²) >= 11 is 0. The van der Waals surface area contributed by atoms with Crippen molar-refractivity contribution in [3.63, 3.8) is 0 Å². The van der Waals surface area contributed by atoms with Crippen LogP contribution in [0, 0.1) is 19.4 Å². The fourth-order valence-corrected chi connectivity index (χ4v) is 5.51. The molecule has 1 saturated heterocycles. The lowest BCUT2D eigenvalue weighted by Crippen LogP contribution is -2.49. The summed E-state index contributed by atoms with van der Waals surface area (Å²) in [5, 5.41) is 3.45. The maximum absolute atomic E-state index is 12.9. The number of fused-ring (bicyclic) bond motifs is 1. The van der Waals surface area contributed by atoms with Crippen molar-refractivity contribution in [3.05, 3.63) is 50.0 Å². The lowest BCUT2D eigenvalue weighted by Gasteiger charge is -2.34. The van der Waals surface area contributed by atoms with Crippen LogP contribution in [-0.2, 0) is 4.79 Å². The van der Waals surface area contributed by atoms with E-state index in [0.29, 0.717) is 36.5 Å². The zero-order chi connectivity index (χ0) is 25.3. The van der Waals surface area contributed by atoms with Gasteiger partial charge >= 0.3 is 5.69 Å². The van der Waals surface area contributed by atoms with Crippen LogP contribution >= 0.6 is 0 Å². The average Bonchev–Trinajstić information content (AvgIpc) is 3.56. The van der Waals surface area contributed by atoms with Crippen LogP contribution in [0.25, 0.3) is 15.7 Å². The first-order valence-corrected chi connectivity index (χ1v) is 12.4. The molecule has 1 amide bonds. The molecule has 2 heterocycles. The number of amides is 1.